The van der Waals surface area contributed by atoms with Crippen LogP contribution >= 0.6 is 0 Å². The molecule has 1 aromatic rings. The molecule has 0 radical (unpaired) electrons. The third-order valence-electron chi connectivity index (χ3n) is 14.4. The number of rotatable bonds is 35. The molecule has 2 rings (SSSR count). The molecule has 6 unspecified atom stereocenters. The van der Waals surface area contributed by atoms with Crippen molar-refractivity contribution in [3.05, 3.63) is 35.9 Å². The summed E-state index contributed by atoms with van der Waals surface area (Å²) in [7, 11) is 5.84. The van der Waals surface area contributed by atoms with Crippen LogP contribution in [0.25, 0.3) is 0 Å². The Kier molecular flexibility index (Phi) is 31.0. The summed E-state index contributed by atoms with van der Waals surface area (Å²) in [5.41, 5.74) is 6.88. The van der Waals surface area contributed by atoms with E-state index in [1.54, 1.807) is 27.9 Å². The van der Waals surface area contributed by atoms with Gasteiger partial charge in [-0.05, 0) is 87.6 Å². The second-order valence-electron chi connectivity index (χ2n) is 21.0. The van der Waals surface area contributed by atoms with Gasteiger partial charge in [0, 0.05) is 34.2 Å². The number of amides is 7. The molecule has 426 valence electrons. The molecule has 1 saturated heterocycles. The van der Waals surface area contributed by atoms with Gasteiger partial charge in [-0.3, -0.25) is 38.9 Å². The van der Waals surface area contributed by atoms with Gasteiger partial charge in [0.1, 0.15) is 30.2 Å². The molecule has 0 bridgehead atoms. The molecular formula is C55H95N9O11. The topological polar surface area (TPSA) is 278 Å². The smallest absolute Gasteiger partial charge is 0.328 e. The van der Waals surface area contributed by atoms with Gasteiger partial charge >= 0.3 is 5.97 Å². The zero-order valence-corrected chi connectivity index (χ0v) is 47.2. The number of nitrogens with one attached hydrogen (secondary N) is 7. The summed E-state index contributed by atoms with van der Waals surface area (Å²) >= 11 is 0. The van der Waals surface area contributed by atoms with Crippen molar-refractivity contribution in [1.29, 1.82) is 0 Å². The van der Waals surface area contributed by atoms with Crippen LogP contribution in [-0.2, 0) is 59.0 Å². The second kappa shape index (κ2) is 35.2. The predicted octanol–water partition coefficient (Wildman–Crippen LogP) is 3.38. The van der Waals surface area contributed by atoms with Crippen LogP contribution in [0.4, 0.5) is 0 Å². The number of ether oxygens (including phenoxy) is 3. The van der Waals surface area contributed by atoms with E-state index in [1.807, 2.05) is 58.0 Å². The van der Waals surface area contributed by atoms with Gasteiger partial charge in [-0.1, -0.05) is 104 Å². The summed E-state index contributed by atoms with van der Waals surface area (Å²) in [6.45, 7) is 15.8. The largest absolute Gasteiger partial charge is 0.467 e. The summed E-state index contributed by atoms with van der Waals surface area (Å²) in [4.78, 5) is 109. The maximum Gasteiger partial charge on any atom is 0.328 e. The van der Waals surface area contributed by atoms with Gasteiger partial charge in [0.05, 0.1) is 44.4 Å². The average molecular weight is 1060 g/mol. The molecule has 0 saturated carbocycles. The van der Waals surface area contributed by atoms with E-state index in [2.05, 4.69) is 37.2 Å². The maximum absolute atomic E-state index is 14.1. The Morgan fingerprint density at radius 2 is 1.33 bits per heavy atom. The average Bonchev–Trinajstić information content (AvgIpc) is 3.39. The molecule has 7 amide bonds. The lowest BCUT2D eigenvalue weighted by Crippen LogP contribution is -2.60. The molecule has 1 heterocycles. The van der Waals surface area contributed by atoms with Crippen molar-refractivity contribution in [2.24, 2.45) is 29.4 Å². The first-order valence-corrected chi connectivity index (χ1v) is 27.3. The van der Waals surface area contributed by atoms with E-state index < -0.39 is 77.9 Å². The molecule has 75 heavy (non-hydrogen) atoms. The molecular weight excluding hydrogens is 963 g/mol. The summed E-state index contributed by atoms with van der Waals surface area (Å²) in [5, 5.41) is 20.4. The van der Waals surface area contributed by atoms with Gasteiger partial charge in [-0.2, -0.15) is 0 Å². The van der Waals surface area contributed by atoms with Crippen LogP contribution in [0.5, 0.6) is 0 Å². The Morgan fingerprint density at radius 3 is 1.89 bits per heavy atom. The van der Waals surface area contributed by atoms with E-state index in [0.29, 0.717) is 38.6 Å². The highest BCUT2D eigenvalue weighted by atomic mass is 16.5. The van der Waals surface area contributed by atoms with Crippen molar-refractivity contribution < 1.29 is 52.6 Å². The van der Waals surface area contributed by atoms with Gasteiger partial charge in [-0.25, -0.2) is 4.79 Å². The lowest BCUT2D eigenvalue weighted by Gasteiger charge is -2.33. The number of benzene rings is 1. The van der Waals surface area contributed by atoms with Gasteiger partial charge in [0.25, 0.3) is 0 Å². The first kappa shape index (κ1) is 65.9. The standard InChI is InChI=1S/C55H95N9O11/c1-13-36(6)48(53(70)59-38(8)50(67)60-43(31-39-23-17-15-18-24-39)54(71)64(9)49(37(7)14-2)55(72)75-12)63-52(69)47(34(3)4)62-46(66)33-41(74-11)30-35(5)29-40(73-10)32-45(65)58-28-21-16-19-25-42(56)51(68)61-44-26-20-22-27-57-44/h15,17-18,23-24,34-38,40-44,47-49,57H,13-14,16,19-22,25-33,56H2,1-12H3,(H,58,65)(H,59,70)(H,60,67)(H,61,68)(H,62,66)(H,63,69)/t35?,36-,37-,38?,40?,41?,42?,43+,44?,47-,48-,49-/m0/s1. The highest BCUT2D eigenvalue weighted by Crippen LogP contribution is 2.21. The molecule has 1 aromatic carbocycles. The number of nitrogens with two attached hydrogens (primary N) is 1. The van der Waals surface area contributed by atoms with Crippen molar-refractivity contribution in [2.45, 2.75) is 200 Å². The minimum Gasteiger partial charge on any atom is -0.467 e. The zero-order chi connectivity index (χ0) is 56.2. The summed E-state index contributed by atoms with van der Waals surface area (Å²) in [6, 6.07) is 3.31. The fraction of sp³-hybridized carbons (Fsp3) is 0.745. The Balaban J connectivity index is 1.97. The molecule has 0 aromatic heterocycles. The highest BCUT2D eigenvalue weighted by molar-refractivity contribution is 5.96. The van der Waals surface area contributed by atoms with Crippen LogP contribution in [0.2, 0.25) is 0 Å². The number of hydrogen-bond acceptors (Lipinski definition) is 13. The number of esters is 1. The van der Waals surface area contributed by atoms with Crippen molar-refractivity contribution in [2.75, 3.05) is 41.5 Å². The Morgan fingerprint density at radius 1 is 0.720 bits per heavy atom. The minimum absolute atomic E-state index is 0.00406. The quantitative estimate of drug-likeness (QED) is 0.0358. The zero-order valence-electron chi connectivity index (χ0n) is 47.2. The minimum atomic E-state index is -1.14. The summed E-state index contributed by atoms with van der Waals surface area (Å²) < 4.78 is 16.4. The monoisotopic (exact) mass is 1060 g/mol. The van der Waals surface area contributed by atoms with E-state index in [0.717, 1.165) is 50.6 Å². The molecule has 0 spiro atoms. The van der Waals surface area contributed by atoms with Crippen LogP contribution in [0.15, 0.2) is 30.3 Å². The van der Waals surface area contributed by atoms with E-state index in [1.165, 1.54) is 33.1 Å². The van der Waals surface area contributed by atoms with Crippen LogP contribution in [0.1, 0.15) is 144 Å². The molecule has 0 aliphatic carbocycles. The van der Waals surface area contributed by atoms with Crippen molar-refractivity contribution >= 4 is 47.3 Å². The fourth-order valence-corrected chi connectivity index (χ4v) is 9.21. The molecule has 20 nitrogen and oxygen atoms in total. The third-order valence-corrected chi connectivity index (χ3v) is 14.4. The number of carbonyl (C=O) groups is 8. The van der Waals surface area contributed by atoms with E-state index in [9.17, 15) is 38.4 Å². The lowest BCUT2D eigenvalue weighted by molar-refractivity contribution is -0.155. The van der Waals surface area contributed by atoms with Crippen LogP contribution in [-0.4, -0.2) is 148 Å². The predicted molar refractivity (Wildman–Crippen MR) is 288 cm³/mol. The Bertz CT molecular complexity index is 1920. The normalized spacial score (nSPS) is 18.0. The first-order chi connectivity index (χ1) is 35.6. The van der Waals surface area contributed by atoms with E-state index in [-0.39, 0.29) is 67.0 Å². The van der Waals surface area contributed by atoms with Crippen molar-refractivity contribution in [3.63, 3.8) is 0 Å². The second-order valence-corrected chi connectivity index (χ2v) is 21.0. The first-order valence-electron chi connectivity index (χ1n) is 27.3. The van der Waals surface area contributed by atoms with Gasteiger partial charge in [0.15, 0.2) is 0 Å². The van der Waals surface area contributed by atoms with E-state index >= 15 is 0 Å². The molecule has 1 fully saturated rings. The van der Waals surface area contributed by atoms with Gasteiger partial charge in [-0.15, -0.1) is 0 Å². The van der Waals surface area contributed by atoms with Gasteiger partial charge < -0.3 is 56.7 Å². The molecule has 20 heteroatoms. The van der Waals surface area contributed by atoms with Crippen LogP contribution < -0.4 is 43.0 Å². The van der Waals surface area contributed by atoms with Gasteiger partial charge in [0.2, 0.25) is 41.4 Å². The highest BCUT2D eigenvalue weighted by Gasteiger charge is 2.38. The Labute approximate surface area is 447 Å². The fourth-order valence-electron chi connectivity index (χ4n) is 9.21. The SMILES string of the molecule is CC[C@H](C)[C@H](NC(=O)[C@@H](NC(=O)CC(CC(C)CC(CC(=O)NCCCCCC(N)C(=O)NC1CCCCN1)OC)OC)C(C)C)C(=O)NC(C)C(=O)N[C@H](Cc1ccccc1)C(=O)N(C)[C@H](C(=O)OC)[C@@H](C)CC. The number of carbonyl (C=O) groups excluding carboxylic acids is 8. The number of methoxy groups -OCH3 is 3. The molecule has 9 N–H and O–H groups in total. The molecule has 12 atom stereocenters. The number of hydrogen-bond donors (Lipinski definition) is 8. The van der Waals surface area contributed by atoms with E-state index in [4.69, 9.17) is 19.9 Å². The number of unbranched alkanes of at least 4 members (excludes halogenated alkanes) is 2. The Hall–Kier alpha value is -5.18. The van der Waals surface area contributed by atoms with Crippen molar-refractivity contribution in [1.82, 2.24) is 42.1 Å². The third kappa shape index (κ3) is 23.7. The number of nitrogens with zero attached hydrogens (tertiary/aromatic N) is 1. The number of piperidine rings is 1. The summed E-state index contributed by atoms with van der Waals surface area (Å²) in [6.07, 6.45) is 7.47. The number of likely N-dealkylation sites (N-methyl/N-ethyl adjacent to an activating group) is 1. The lowest BCUT2D eigenvalue weighted by atomic mass is 9.93. The molecule has 1 aliphatic rings. The van der Waals surface area contributed by atoms with Crippen LogP contribution in [0.3, 0.4) is 0 Å². The van der Waals surface area contributed by atoms with Crippen molar-refractivity contribution in [3.8, 4) is 0 Å². The maximum atomic E-state index is 14.1. The molecule has 1 aliphatic heterocycles. The van der Waals surface area contributed by atoms with Crippen LogP contribution in [0, 0.1) is 23.7 Å². The summed E-state index contributed by atoms with van der Waals surface area (Å²) in [5.74, 6) is -4.61.